The van der Waals surface area contributed by atoms with E-state index < -0.39 is 0 Å². The second kappa shape index (κ2) is 5.35. The van der Waals surface area contributed by atoms with Crippen molar-refractivity contribution < 1.29 is 4.79 Å². The molecule has 0 saturated carbocycles. The molecule has 1 N–H and O–H groups in total. The van der Waals surface area contributed by atoms with Crippen LogP contribution in [0.2, 0.25) is 0 Å². The molecule has 1 saturated heterocycles. The van der Waals surface area contributed by atoms with E-state index >= 15 is 0 Å². The van der Waals surface area contributed by atoms with E-state index in [0.29, 0.717) is 18.6 Å². The molecule has 3 heteroatoms. The van der Waals surface area contributed by atoms with Crippen molar-refractivity contribution >= 4 is 5.91 Å². The first-order valence-corrected chi connectivity index (χ1v) is 5.68. The number of carbonyl (C=O) groups is 1. The minimum absolute atomic E-state index is 0.256. The lowest BCUT2D eigenvalue weighted by Gasteiger charge is -2.39. The predicted octanol–water partition coefficient (Wildman–Crippen LogP) is 1.39. The standard InChI is InChI=1S/C11H22N2O/c1-4-12-8-11(14)13-9(2)6-5-7-10(13)3/h9-10,12H,4-8H2,1-3H3. The van der Waals surface area contributed by atoms with Crippen LogP contribution in [0.4, 0.5) is 0 Å². The van der Waals surface area contributed by atoms with Gasteiger partial charge in [0.05, 0.1) is 6.54 Å². The molecule has 0 aromatic rings. The van der Waals surface area contributed by atoms with Crippen molar-refractivity contribution in [1.82, 2.24) is 10.2 Å². The van der Waals surface area contributed by atoms with Gasteiger partial charge < -0.3 is 10.2 Å². The minimum Gasteiger partial charge on any atom is -0.336 e. The van der Waals surface area contributed by atoms with Gasteiger partial charge in [0, 0.05) is 12.1 Å². The number of rotatable bonds is 3. The Kier molecular flexibility index (Phi) is 4.39. The summed E-state index contributed by atoms with van der Waals surface area (Å²) in [5.41, 5.74) is 0. The molecule has 0 aromatic heterocycles. The van der Waals surface area contributed by atoms with Crippen LogP contribution in [0.25, 0.3) is 0 Å². The van der Waals surface area contributed by atoms with Crippen LogP contribution in [-0.4, -0.2) is 36.0 Å². The van der Waals surface area contributed by atoms with Crippen LogP contribution in [-0.2, 0) is 4.79 Å². The highest BCUT2D eigenvalue weighted by atomic mass is 16.2. The Hall–Kier alpha value is -0.570. The maximum Gasteiger partial charge on any atom is 0.237 e. The van der Waals surface area contributed by atoms with Crippen molar-refractivity contribution in [1.29, 1.82) is 0 Å². The summed E-state index contributed by atoms with van der Waals surface area (Å²) in [6.45, 7) is 7.68. The lowest BCUT2D eigenvalue weighted by molar-refractivity contribution is -0.136. The Morgan fingerprint density at radius 2 is 1.93 bits per heavy atom. The van der Waals surface area contributed by atoms with E-state index in [-0.39, 0.29) is 5.91 Å². The Balaban J connectivity index is 2.49. The third kappa shape index (κ3) is 2.71. The first-order chi connectivity index (χ1) is 6.66. The number of piperidine rings is 1. The van der Waals surface area contributed by atoms with Gasteiger partial charge in [-0.05, 0) is 39.7 Å². The number of nitrogens with zero attached hydrogens (tertiary/aromatic N) is 1. The Morgan fingerprint density at radius 1 is 1.36 bits per heavy atom. The van der Waals surface area contributed by atoms with Crippen LogP contribution < -0.4 is 5.32 Å². The van der Waals surface area contributed by atoms with E-state index in [1.807, 2.05) is 11.8 Å². The van der Waals surface area contributed by atoms with Gasteiger partial charge in [-0.3, -0.25) is 4.79 Å². The van der Waals surface area contributed by atoms with Gasteiger partial charge in [-0.2, -0.15) is 0 Å². The fourth-order valence-electron chi connectivity index (χ4n) is 2.24. The first-order valence-electron chi connectivity index (χ1n) is 5.68. The monoisotopic (exact) mass is 198 g/mol. The minimum atomic E-state index is 0.256. The fraction of sp³-hybridized carbons (Fsp3) is 0.909. The number of amides is 1. The van der Waals surface area contributed by atoms with E-state index in [1.54, 1.807) is 0 Å². The fourth-order valence-corrected chi connectivity index (χ4v) is 2.24. The lowest BCUT2D eigenvalue weighted by atomic mass is 9.97. The second-order valence-corrected chi connectivity index (χ2v) is 4.21. The molecule has 1 fully saturated rings. The SMILES string of the molecule is CCNCC(=O)N1C(C)CCCC1C. The normalized spacial score (nSPS) is 27.8. The predicted molar refractivity (Wildman–Crippen MR) is 58.2 cm³/mol. The summed E-state index contributed by atoms with van der Waals surface area (Å²) in [6.07, 6.45) is 3.57. The van der Waals surface area contributed by atoms with Crippen molar-refractivity contribution in [3.05, 3.63) is 0 Å². The number of likely N-dealkylation sites (tertiary alicyclic amines) is 1. The van der Waals surface area contributed by atoms with Crippen LogP contribution >= 0.6 is 0 Å². The number of likely N-dealkylation sites (N-methyl/N-ethyl adjacent to an activating group) is 1. The Bertz CT molecular complexity index is 184. The molecule has 82 valence electrons. The number of nitrogens with one attached hydrogen (secondary N) is 1. The highest BCUT2D eigenvalue weighted by molar-refractivity contribution is 5.79. The average molecular weight is 198 g/mol. The van der Waals surface area contributed by atoms with Gasteiger partial charge >= 0.3 is 0 Å². The molecule has 1 aliphatic rings. The molecule has 14 heavy (non-hydrogen) atoms. The van der Waals surface area contributed by atoms with E-state index in [9.17, 15) is 4.79 Å². The van der Waals surface area contributed by atoms with Gasteiger partial charge in [0.25, 0.3) is 0 Å². The quantitative estimate of drug-likeness (QED) is 0.743. The summed E-state index contributed by atoms with van der Waals surface area (Å²) in [5, 5.41) is 3.10. The summed E-state index contributed by atoms with van der Waals surface area (Å²) in [5.74, 6) is 0.256. The Morgan fingerprint density at radius 3 is 2.43 bits per heavy atom. The number of hydrogen-bond donors (Lipinski definition) is 1. The molecule has 0 aromatic carbocycles. The average Bonchev–Trinajstić information content (AvgIpc) is 2.14. The summed E-state index contributed by atoms with van der Waals surface area (Å²) in [6, 6.07) is 0.842. The van der Waals surface area contributed by atoms with E-state index in [0.717, 1.165) is 19.4 Å². The van der Waals surface area contributed by atoms with Crippen molar-refractivity contribution in [3.63, 3.8) is 0 Å². The van der Waals surface area contributed by atoms with Crippen molar-refractivity contribution in [2.45, 2.75) is 52.1 Å². The number of carbonyl (C=O) groups excluding carboxylic acids is 1. The lowest BCUT2D eigenvalue weighted by Crippen LogP contribution is -2.50. The summed E-state index contributed by atoms with van der Waals surface area (Å²) < 4.78 is 0. The van der Waals surface area contributed by atoms with E-state index in [4.69, 9.17) is 0 Å². The summed E-state index contributed by atoms with van der Waals surface area (Å²) in [7, 11) is 0. The highest BCUT2D eigenvalue weighted by Gasteiger charge is 2.27. The zero-order valence-corrected chi connectivity index (χ0v) is 9.55. The van der Waals surface area contributed by atoms with Crippen LogP contribution in [0.1, 0.15) is 40.0 Å². The van der Waals surface area contributed by atoms with Crippen molar-refractivity contribution in [3.8, 4) is 0 Å². The molecular formula is C11H22N2O. The molecule has 1 aliphatic heterocycles. The van der Waals surface area contributed by atoms with Gasteiger partial charge in [0.1, 0.15) is 0 Å². The van der Waals surface area contributed by atoms with Crippen LogP contribution in [0.5, 0.6) is 0 Å². The Labute approximate surface area is 86.9 Å². The molecule has 2 atom stereocenters. The third-order valence-electron chi connectivity index (χ3n) is 3.01. The molecule has 1 amide bonds. The summed E-state index contributed by atoms with van der Waals surface area (Å²) >= 11 is 0. The van der Waals surface area contributed by atoms with Gasteiger partial charge in [-0.1, -0.05) is 6.92 Å². The molecule has 2 unspecified atom stereocenters. The van der Waals surface area contributed by atoms with Gasteiger partial charge in [0.15, 0.2) is 0 Å². The molecule has 0 spiro atoms. The highest BCUT2D eigenvalue weighted by Crippen LogP contribution is 2.22. The second-order valence-electron chi connectivity index (χ2n) is 4.21. The first kappa shape index (κ1) is 11.5. The van der Waals surface area contributed by atoms with Gasteiger partial charge in [-0.25, -0.2) is 0 Å². The van der Waals surface area contributed by atoms with E-state index in [2.05, 4.69) is 19.2 Å². The molecule has 1 heterocycles. The van der Waals surface area contributed by atoms with E-state index in [1.165, 1.54) is 6.42 Å². The number of hydrogen-bond acceptors (Lipinski definition) is 2. The molecule has 1 rings (SSSR count). The maximum atomic E-state index is 11.8. The van der Waals surface area contributed by atoms with Gasteiger partial charge in [-0.15, -0.1) is 0 Å². The third-order valence-corrected chi connectivity index (χ3v) is 3.01. The molecular weight excluding hydrogens is 176 g/mol. The van der Waals surface area contributed by atoms with Crippen LogP contribution in [0.3, 0.4) is 0 Å². The van der Waals surface area contributed by atoms with Crippen molar-refractivity contribution in [2.75, 3.05) is 13.1 Å². The smallest absolute Gasteiger partial charge is 0.237 e. The maximum absolute atomic E-state index is 11.8. The molecule has 0 bridgehead atoms. The van der Waals surface area contributed by atoms with Crippen LogP contribution in [0, 0.1) is 0 Å². The van der Waals surface area contributed by atoms with Crippen molar-refractivity contribution in [2.24, 2.45) is 0 Å². The van der Waals surface area contributed by atoms with Crippen LogP contribution in [0.15, 0.2) is 0 Å². The zero-order chi connectivity index (χ0) is 10.6. The van der Waals surface area contributed by atoms with Gasteiger partial charge in [0.2, 0.25) is 5.91 Å². The topological polar surface area (TPSA) is 32.3 Å². The molecule has 3 nitrogen and oxygen atoms in total. The molecule has 0 aliphatic carbocycles. The zero-order valence-electron chi connectivity index (χ0n) is 9.55. The summed E-state index contributed by atoms with van der Waals surface area (Å²) in [4.78, 5) is 13.9. The largest absolute Gasteiger partial charge is 0.336 e. The molecule has 0 radical (unpaired) electrons.